The fraction of sp³-hybridized carbons (Fsp3) is 0.120. The molecule has 3 aromatic heterocycles. The average molecular weight is 493 g/mol. The molecule has 0 bridgehead atoms. The number of amides is 1. The van der Waals surface area contributed by atoms with E-state index in [1.165, 1.54) is 39.8 Å². The molecule has 5 rings (SSSR count). The lowest BCUT2D eigenvalue weighted by Gasteiger charge is -2.06. The third-order valence-corrected chi connectivity index (χ3v) is 5.91. The standard InChI is InChI=1S/C25H19ClF2N6O/c1-15-24-19(16-5-7-17(27)8-6-16)9-10-29-25(24)34(32-15)14-23(35)31-18-11-30-33(12-18)13-20-21(26)3-2-4-22(20)28/h2-12H,13-14H2,1H3,(H,31,35). The highest BCUT2D eigenvalue weighted by atomic mass is 35.5. The minimum Gasteiger partial charge on any atom is -0.322 e. The number of fused-ring (bicyclic) bond motifs is 1. The van der Waals surface area contributed by atoms with E-state index in [9.17, 15) is 13.6 Å². The maximum Gasteiger partial charge on any atom is 0.246 e. The van der Waals surface area contributed by atoms with Crippen LogP contribution >= 0.6 is 11.6 Å². The number of hydrogen-bond donors (Lipinski definition) is 1. The van der Waals surface area contributed by atoms with Crippen molar-refractivity contribution in [1.29, 1.82) is 0 Å². The van der Waals surface area contributed by atoms with Gasteiger partial charge in [0, 0.05) is 28.4 Å². The molecule has 0 aliphatic heterocycles. The molecule has 5 aromatic rings. The van der Waals surface area contributed by atoms with Gasteiger partial charge >= 0.3 is 0 Å². The van der Waals surface area contributed by atoms with Crippen molar-refractivity contribution in [2.75, 3.05) is 5.32 Å². The van der Waals surface area contributed by atoms with Gasteiger partial charge in [-0.1, -0.05) is 29.8 Å². The molecule has 3 heterocycles. The maximum atomic E-state index is 14.1. The maximum absolute atomic E-state index is 14.1. The molecular formula is C25H19ClF2N6O. The third-order valence-electron chi connectivity index (χ3n) is 5.56. The van der Waals surface area contributed by atoms with Crippen molar-refractivity contribution >= 4 is 34.2 Å². The Bertz CT molecular complexity index is 1520. The summed E-state index contributed by atoms with van der Waals surface area (Å²) in [7, 11) is 0. The van der Waals surface area contributed by atoms with Gasteiger partial charge in [0.25, 0.3) is 0 Å². The summed E-state index contributed by atoms with van der Waals surface area (Å²) < 4.78 is 30.4. The lowest BCUT2D eigenvalue weighted by molar-refractivity contribution is -0.116. The molecule has 0 saturated heterocycles. The molecule has 0 atom stereocenters. The molecule has 0 aliphatic rings. The number of aryl methyl sites for hydroxylation is 1. The molecule has 0 radical (unpaired) electrons. The summed E-state index contributed by atoms with van der Waals surface area (Å²) >= 11 is 6.08. The summed E-state index contributed by atoms with van der Waals surface area (Å²) in [6.07, 6.45) is 4.70. The van der Waals surface area contributed by atoms with Crippen LogP contribution in [0.5, 0.6) is 0 Å². The zero-order valence-corrected chi connectivity index (χ0v) is 19.3. The van der Waals surface area contributed by atoms with E-state index >= 15 is 0 Å². The summed E-state index contributed by atoms with van der Waals surface area (Å²) in [6.45, 7) is 1.89. The zero-order valence-electron chi connectivity index (χ0n) is 18.5. The van der Waals surface area contributed by atoms with Crippen LogP contribution in [0.3, 0.4) is 0 Å². The Morgan fingerprint density at radius 2 is 1.91 bits per heavy atom. The van der Waals surface area contributed by atoms with Gasteiger partial charge in [0.15, 0.2) is 5.65 Å². The number of rotatable bonds is 6. The number of anilines is 1. The highest BCUT2D eigenvalue weighted by Crippen LogP contribution is 2.30. The Labute approximate surface area is 204 Å². The summed E-state index contributed by atoms with van der Waals surface area (Å²) in [5, 5.41) is 12.5. The topological polar surface area (TPSA) is 77.6 Å². The van der Waals surface area contributed by atoms with Gasteiger partial charge in [-0.2, -0.15) is 10.2 Å². The van der Waals surface area contributed by atoms with E-state index in [1.807, 2.05) is 13.0 Å². The van der Waals surface area contributed by atoms with Crippen molar-refractivity contribution in [3.63, 3.8) is 0 Å². The van der Waals surface area contributed by atoms with E-state index in [2.05, 4.69) is 20.5 Å². The Kier molecular flexibility index (Phi) is 6.00. The van der Waals surface area contributed by atoms with E-state index in [1.54, 1.807) is 30.6 Å². The number of pyridine rings is 1. The predicted octanol–water partition coefficient (Wildman–Crippen LogP) is 5.22. The van der Waals surface area contributed by atoms with Crippen LogP contribution in [0, 0.1) is 18.6 Å². The average Bonchev–Trinajstić information content (AvgIpc) is 3.40. The van der Waals surface area contributed by atoms with Crippen LogP contribution < -0.4 is 5.32 Å². The van der Waals surface area contributed by atoms with Crippen LogP contribution in [0.1, 0.15) is 11.3 Å². The highest BCUT2D eigenvalue weighted by molar-refractivity contribution is 6.31. The largest absolute Gasteiger partial charge is 0.322 e. The van der Waals surface area contributed by atoms with Crippen LogP contribution in [0.2, 0.25) is 5.02 Å². The number of carbonyl (C=O) groups excluding carboxylic acids is 1. The van der Waals surface area contributed by atoms with Crippen LogP contribution in [0.4, 0.5) is 14.5 Å². The molecule has 7 nitrogen and oxygen atoms in total. The first-order valence-corrected chi connectivity index (χ1v) is 11.1. The molecular weight excluding hydrogens is 474 g/mol. The Morgan fingerprint density at radius 1 is 1.11 bits per heavy atom. The quantitative estimate of drug-likeness (QED) is 0.352. The number of nitrogens with zero attached hydrogens (tertiary/aromatic N) is 5. The molecule has 2 aromatic carbocycles. The lowest BCUT2D eigenvalue weighted by atomic mass is 10.0. The van der Waals surface area contributed by atoms with E-state index in [0.717, 1.165) is 16.5 Å². The van der Waals surface area contributed by atoms with Crippen molar-refractivity contribution in [2.45, 2.75) is 20.0 Å². The van der Waals surface area contributed by atoms with Crippen LogP contribution in [0.15, 0.2) is 67.1 Å². The van der Waals surface area contributed by atoms with Crippen molar-refractivity contribution in [2.24, 2.45) is 0 Å². The number of benzene rings is 2. The zero-order chi connectivity index (χ0) is 24.5. The second-order valence-corrected chi connectivity index (χ2v) is 8.39. The summed E-state index contributed by atoms with van der Waals surface area (Å²) in [4.78, 5) is 17.2. The Morgan fingerprint density at radius 3 is 2.69 bits per heavy atom. The van der Waals surface area contributed by atoms with Gasteiger partial charge in [0.2, 0.25) is 5.91 Å². The number of carbonyl (C=O) groups is 1. The third kappa shape index (κ3) is 4.63. The van der Waals surface area contributed by atoms with E-state index in [4.69, 9.17) is 11.6 Å². The van der Waals surface area contributed by atoms with Crippen LogP contribution in [0.25, 0.3) is 22.2 Å². The fourth-order valence-electron chi connectivity index (χ4n) is 3.96. The van der Waals surface area contributed by atoms with Gasteiger partial charge in [-0.25, -0.2) is 18.4 Å². The molecule has 0 unspecified atom stereocenters. The van der Waals surface area contributed by atoms with Gasteiger partial charge in [-0.15, -0.1) is 0 Å². The molecule has 0 fully saturated rings. The number of hydrogen-bond acceptors (Lipinski definition) is 4. The molecule has 0 saturated carbocycles. The Balaban J connectivity index is 1.34. The first kappa shape index (κ1) is 22.7. The van der Waals surface area contributed by atoms with E-state index < -0.39 is 5.82 Å². The normalized spacial score (nSPS) is 11.2. The highest BCUT2D eigenvalue weighted by Gasteiger charge is 2.17. The second-order valence-electron chi connectivity index (χ2n) is 7.98. The molecule has 10 heteroatoms. The molecule has 1 N–H and O–H groups in total. The number of aromatic nitrogens is 5. The molecule has 35 heavy (non-hydrogen) atoms. The molecule has 1 amide bonds. The lowest BCUT2D eigenvalue weighted by Crippen LogP contribution is -2.19. The summed E-state index contributed by atoms with van der Waals surface area (Å²) in [5.41, 5.74) is 3.70. The molecule has 176 valence electrons. The van der Waals surface area contributed by atoms with Gasteiger partial charge in [-0.05, 0) is 48.4 Å². The van der Waals surface area contributed by atoms with Crippen molar-refractivity contribution < 1.29 is 13.6 Å². The van der Waals surface area contributed by atoms with Gasteiger partial charge in [0.1, 0.15) is 18.2 Å². The van der Waals surface area contributed by atoms with Gasteiger partial charge in [0.05, 0.1) is 24.1 Å². The minimum absolute atomic E-state index is 0.0749. The molecule has 0 aliphatic carbocycles. The van der Waals surface area contributed by atoms with E-state index in [-0.39, 0.29) is 24.8 Å². The monoisotopic (exact) mass is 492 g/mol. The van der Waals surface area contributed by atoms with Gasteiger partial charge < -0.3 is 5.32 Å². The van der Waals surface area contributed by atoms with E-state index in [0.29, 0.717) is 27.6 Å². The SMILES string of the molecule is Cc1nn(CC(=O)Nc2cnn(Cc3c(F)cccc3Cl)c2)c2nccc(-c3ccc(F)cc3)c12. The minimum atomic E-state index is -0.424. The number of halogens is 3. The van der Waals surface area contributed by atoms with Gasteiger partial charge in [-0.3, -0.25) is 9.48 Å². The first-order valence-electron chi connectivity index (χ1n) is 10.7. The smallest absolute Gasteiger partial charge is 0.246 e. The predicted molar refractivity (Wildman–Crippen MR) is 129 cm³/mol. The first-order chi connectivity index (χ1) is 16.9. The summed E-state index contributed by atoms with van der Waals surface area (Å²) in [5.74, 6) is -1.07. The van der Waals surface area contributed by atoms with Crippen molar-refractivity contribution in [1.82, 2.24) is 24.5 Å². The second kappa shape index (κ2) is 9.27. The van der Waals surface area contributed by atoms with Crippen molar-refractivity contribution in [3.8, 4) is 11.1 Å². The molecule has 0 spiro atoms. The fourth-order valence-corrected chi connectivity index (χ4v) is 4.18. The number of nitrogens with one attached hydrogen (secondary N) is 1. The van der Waals surface area contributed by atoms with Crippen LogP contribution in [-0.4, -0.2) is 30.5 Å². The Hall–Kier alpha value is -4.11. The van der Waals surface area contributed by atoms with Crippen molar-refractivity contribution in [3.05, 3.63) is 95.0 Å². The summed E-state index contributed by atoms with van der Waals surface area (Å²) in [6, 6.07) is 12.5. The van der Waals surface area contributed by atoms with Crippen LogP contribution in [-0.2, 0) is 17.9 Å².